The smallest absolute Gasteiger partial charge is 0.271 e. The third-order valence-electron chi connectivity index (χ3n) is 3.13. The van der Waals surface area contributed by atoms with Gasteiger partial charge in [-0.1, -0.05) is 11.6 Å². The Morgan fingerprint density at radius 2 is 2.10 bits per heavy atom. The summed E-state index contributed by atoms with van der Waals surface area (Å²) < 4.78 is 0. The number of thioether (sulfide) groups is 1. The molecule has 1 saturated heterocycles. The summed E-state index contributed by atoms with van der Waals surface area (Å²) >= 11 is 7.68. The predicted octanol–water partition coefficient (Wildman–Crippen LogP) is 2.46. The number of nitrogens with two attached hydrogens (primary N) is 1. The molecule has 0 bridgehead atoms. The summed E-state index contributed by atoms with van der Waals surface area (Å²) in [6.45, 7) is 0. The third-order valence-corrected chi connectivity index (χ3v) is 4.49. The maximum Gasteiger partial charge on any atom is 0.271 e. The standard InChI is InChI=1S/C12H14ClN3O3S/c13-10-6-8(16(18)19)5-9(11(10)14)12(17)15-7-1-3-20-4-2-7/h5-7H,1-4,14H2,(H,15,17). The second-order valence-electron chi connectivity index (χ2n) is 4.51. The first-order valence-electron chi connectivity index (χ1n) is 6.11. The van der Waals surface area contributed by atoms with Gasteiger partial charge in [-0.15, -0.1) is 0 Å². The van der Waals surface area contributed by atoms with E-state index < -0.39 is 10.8 Å². The largest absolute Gasteiger partial charge is 0.397 e. The monoisotopic (exact) mass is 315 g/mol. The van der Waals surface area contributed by atoms with Crippen molar-refractivity contribution in [3.8, 4) is 0 Å². The van der Waals surface area contributed by atoms with Gasteiger partial charge in [0.05, 0.1) is 21.2 Å². The Kier molecular flexibility index (Phi) is 4.72. The molecule has 0 radical (unpaired) electrons. The summed E-state index contributed by atoms with van der Waals surface area (Å²) in [5, 5.41) is 13.7. The van der Waals surface area contributed by atoms with Crippen LogP contribution in [0, 0.1) is 10.1 Å². The molecule has 1 aromatic rings. The molecule has 1 aromatic carbocycles. The second-order valence-corrected chi connectivity index (χ2v) is 6.14. The molecule has 108 valence electrons. The number of hydrogen-bond acceptors (Lipinski definition) is 5. The van der Waals surface area contributed by atoms with Crippen LogP contribution in [0.25, 0.3) is 0 Å². The van der Waals surface area contributed by atoms with E-state index >= 15 is 0 Å². The zero-order valence-corrected chi connectivity index (χ0v) is 12.2. The fraction of sp³-hybridized carbons (Fsp3) is 0.417. The van der Waals surface area contributed by atoms with Crippen LogP contribution in [0.2, 0.25) is 5.02 Å². The Morgan fingerprint density at radius 3 is 2.70 bits per heavy atom. The third kappa shape index (κ3) is 3.34. The fourth-order valence-electron chi connectivity index (χ4n) is 2.00. The maximum absolute atomic E-state index is 12.2. The van der Waals surface area contributed by atoms with Crippen molar-refractivity contribution in [3.63, 3.8) is 0 Å². The predicted molar refractivity (Wildman–Crippen MR) is 80.3 cm³/mol. The molecule has 1 heterocycles. The van der Waals surface area contributed by atoms with E-state index in [1.165, 1.54) is 0 Å². The number of anilines is 1. The summed E-state index contributed by atoms with van der Waals surface area (Å²) in [4.78, 5) is 22.4. The van der Waals surface area contributed by atoms with Crippen molar-refractivity contribution in [1.82, 2.24) is 5.32 Å². The van der Waals surface area contributed by atoms with E-state index in [0.717, 1.165) is 36.5 Å². The van der Waals surface area contributed by atoms with Gasteiger partial charge < -0.3 is 11.1 Å². The van der Waals surface area contributed by atoms with Crippen LogP contribution in [-0.4, -0.2) is 28.4 Å². The molecule has 0 unspecified atom stereocenters. The topological polar surface area (TPSA) is 98.3 Å². The van der Waals surface area contributed by atoms with E-state index in [1.54, 1.807) is 0 Å². The zero-order valence-electron chi connectivity index (χ0n) is 10.6. The van der Waals surface area contributed by atoms with Crippen LogP contribution >= 0.6 is 23.4 Å². The SMILES string of the molecule is Nc1c(Cl)cc([N+](=O)[O-])cc1C(=O)NC1CCSCC1. The van der Waals surface area contributed by atoms with Crippen molar-refractivity contribution in [2.24, 2.45) is 0 Å². The van der Waals surface area contributed by atoms with Crippen molar-refractivity contribution < 1.29 is 9.72 Å². The van der Waals surface area contributed by atoms with E-state index in [1.807, 2.05) is 11.8 Å². The number of hydrogen-bond donors (Lipinski definition) is 2. The van der Waals surface area contributed by atoms with Gasteiger partial charge in [0.15, 0.2) is 0 Å². The highest BCUT2D eigenvalue weighted by molar-refractivity contribution is 7.99. The van der Waals surface area contributed by atoms with Crippen LogP contribution in [0.15, 0.2) is 12.1 Å². The highest BCUT2D eigenvalue weighted by Gasteiger charge is 2.22. The van der Waals surface area contributed by atoms with Crippen LogP contribution < -0.4 is 11.1 Å². The molecule has 6 nitrogen and oxygen atoms in total. The number of nitro groups is 1. The van der Waals surface area contributed by atoms with Gasteiger partial charge in [-0.3, -0.25) is 14.9 Å². The van der Waals surface area contributed by atoms with Crippen molar-refractivity contribution in [3.05, 3.63) is 32.8 Å². The molecule has 0 atom stereocenters. The fourth-order valence-corrected chi connectivity index (χ4v) is 3.32. The molecule has 0 spiro atoms. The molecule has 20 heavy (non-hydrogen) atoms. The molecule has 0 aromatic heterocycles. The van der Waals surface area contributed by atoms with Gasteiger partial charge in [-0.25, -0.2) is 0 Å². The Labute approximate surface area is 125 Å². The van der Waals surface area contributed by atoms with Gasteiger partial charge >= 0.3 is 0 Å². The van der Waals surface area contributed by atoms with E-state index in [-0.39, 0.29) is 28.0 Å². The van der Waals surface area contributed by atoms with Crippen LogP contribution in [-0.2, 0) is 0 Å². The quantitative estimate of drug-likeness (QED) is 0.507. The number of rotatable bonds is 3. The minimum Gasteiger partial charge on any atom is -0.397 e. The molecular formula is C12H14ClN3O3S. The number of carbonyl (C=O) groups excluding carboxylic acids is 1. The summed E-state index contributed by atoms with van der Waals surface area (Å²) in [5.41, 5.74) is 5.62. The number of nitro benzene ring substituents is 1. The molecule has 1 fully saturated rings. The Hall–Kier alpha value is -1.47. The molecule has 1 aliphatic heterocycles. The number of carbonyl (C=O) groups is 1. The molecule has 1 aliphatic rings. The second kappa shape index (κ2) is 6.32. The Bertz CT molecular complexity index is 547. The van der Waals surface area contributed by atoms with Gasteiger partial charge in [0, 0.05) is 18.2 Å². The van der Waals surface area contributed by atoms with Crippen molar-refractivity contribution in [2.75, 3.05) is 17.2 Å². The van der Waals surface area contributed by atoms with Gasteiger partial charge in [-0.2, -0.15) is 11.8 Å². The van der Waals surface area contributed by atoms with Gasteiger partial charge in [0.2, 0.25) is 0 Å². The average Bonchev–Trinajstić information content (AvgIpc) is 2.42. The molecule has 2 rings (SSSR count). The van der Waals surface area contributed by atoms with Crippen molar-refractivity contribution >= 4 is 40.6 Å². The van der Waals surface area contributed by atoms with Crippen LogP contribution in [0.5, 0.6) is 0 Å². The van der Waals surface area contributed by atoms with E-state index in [4.69, 9.17) is 17.3 Å². The van der Waals surface area contributed by atoms with Crippen LogP contribution in [0.3, 0.4) is 0 Å². The molecule has 1 amide bonds. The number of non-ortho nitro benzene ring substituents is 1. The number of benzene rings is 1. The molecule has 0 saturated carbocycles. The van der Waals surface area contributed by atoms with Gasteiger partial charge in [-0.05, 0) is 24.3 Å². The number of amides is 1. The van der Waals surface area contributed by atoms with Crippen LogP contribution in [0.1, 0.15) is 23.2 Å². The molecule has 0 aliphatic carbocycles. The Morgan fingerprint density at radius 1 is 1.45 bits per heavy atom. The van der Waals surface area contributed by atoms with Crippen molar-refractivity contribution in [1.29, 1.82) is 0 Å². The van der Waals surface area contributed by atoms with Crippen molar-refractivity contribution in [2.45, 2.75) is 18.9 Å². The van der Waals surface area contributed by atoms with Gasteiger partial charge in [0.1, 0.15) is 0 Å². The molecule has 3 N–H and O–H groups in total. The number of nitrogens with one attached hydrogen (secondary N) is 1. The minimum absolute atomic E-state index is 0.0172. The lowest BCUT2D eigenvalue weighted by molar-refractivity contribution is -0.384. The number of nitrogens with zero attached hydrogens (tertiary/aromatic N) is 1. The normalized spacial score (nSPS) is 15.8. The van der Waals surface area contributed by atoms with E-state index in [2.05, 4.69) is 5.32 Å². The van der Waals surface area contributed by atoms with Crippen LogP contribution in [0.4, 0.5) is 11.4 Å². The maximum atomic E-state index is 12.2. The first-order valence-corrected chi connectivity index (χ1v) is 7.64. The first kappa shape index (κ1) is 14.9. The number of nitrogen functional groups attached to an aromatic ring is 1. The molecular weight excluding hydrogens is 302 g/mol. The lowest BCUT2D eigenvalue weighted by Gasteiger charge is -2.22. The zero-order chi connectivity index (χ0) is 14.7. The lowest BCUT2D eigenvalue weighted by atomic mass is 10.1. The van der Waals surface area contributed by atoms with E-state index in [0.29, 0.717) is 0 Å². The number of halogens is 1. The van der Waals surface area contributed by atoms with Gasteiger partial charge in [0.25, 0.3) is 11.6 Å². The summed E-state index contributed by atoms with van der Waals surface area (Å²) in [5.74, 6) is 1.58. The first-order chi connectivity index (χ1) is 9.49. The Balaban J connectivity index is 2.21. The molecule has 8 heteroatoms. The lowest BCUT2D eigenvalue weighted by Crippen LogP contribution is -2.37. The van der Waals surface area contributed by atoms with E-state index in [9.17, 15) is 14.9 Å². The highest BCUT2D eigenvalue weighted by atomic mass is 35.5. The summed E-state index contributed by atoms with van der Waals surface area (Å²) in [6, 6.07) is 2.39. The average molecular weight is 316 g/mol. The summed E-state index contributed by atoms with van der Waals surface area (Å²) in [7, 11) is 0. The highest BCUT2D eigenvalue weighted by Crippen LogP contribution is 2.29. The minimum atomic E-state index is -0.598. The summed E-state index contributed by atoms with van der Waals surface area (Å²) in [6.07, 6.45) is 1.78.